The molecule has 0 aliphatic carbocycles. The van der Waals surface area contributed by atoms with Gasteiger partial charge in [0.2, 0.25) is 0 Å². The van der Waals surface area contributed by atoms with Crippen LogP contribution >= 0.6 is 0 Å². The molecule has 2 aromatic rings. The fourth-order valence-corrected chi connectivity index (χ4v) is 2.59. The van der Waals surface area contributed by atoms with Crippen LogP contribution in [0.4, 0.5) is 0 Å². The van der Waals surface area contributed by atoms with Gasteiger partial charge in [0.1, 0.15) is 0 Å². The molecule has 1 N–H and O–H groups in total. The van der Waals surface area contributed by atoms with Crippen molar-refractivity contribution in [2.24, 2.45) is 0 Å². The smallest absolute Gasteiger partial charge is 0.331 e. The number of nitrogens with zero attached hydrogens (tertiary/aromatic N) is 1. The highest BCUT2D eigenvalue weighted by molar-refractivity contribution is 5.92. The van der Waals surface area contributed by atoms with Crippen molar-refractivity contribution in [1.82, 2.24) is 4.57 Å². The molecule has 0 saturated heterocycles. The van der Waals surface area contributed by atoms with Gasteiger partial charge in [-0.2, -0.15) is 0 Å². The van der Waals surface area contributed by atoms with Crippen LogP contribution in [0.1, 0.15) is 18.1 Å². The summed E-state index contributed by atoms with van der Waals surface area (Å²) >= 11 is 0. The van der Waals surface area contributed by atoms with E-state index < -0.39 is 5.97 Å². The average Bonchev–Trinajstić information content (AvgIpc) is 2.81. The Morgan fingerprint density at radius 3 is 2.95 bits per heavy atom. The molecule has 1 aromatic carbocycles. The Morgan fingerprint density at radius 1 is 1.42 bits per heavy atom. The van der Waals surface area contributed by atoms with E-state index in [1.165, 1.54) is 18.6 Å². The third kappa shape index (κ3) is 1.76. The zero-order valence-corrected chi connectivity index (χ0v) is 10.5. The molecule has 3 rings (SSSR count). The second-order valence-electron chi connectivity index (χ2n) is 4.79. The van der Waals surface area contributed by atoms with Crippen molar-refractivity contribution in [3.63, 3.8) is 0 Å². The van der Waals surface area contributed by atoms with Gasteiger partial charge in [-0.1, -0.05) is 18.2 Å². The Kier molecular flexibility index (Phi) is 2.52. The molecule has 96 valence electrons. The quantitative estimate of drug-likeness (QED) is 0.835. The SMILES string of the molecule is C/C(=C\c1cc2cccc3c2n(c1=O)CC3)C(=O)O. The normalized spacial score (nSPS) is 14.1. The Bertz CT molecular complexity index is 784. The first-order valence-electron chi connectivity index (χ1n) is 6.15. The summed E-state index contributed by atoms with van der Waals surface area (Å²) in [4.78, 5) is 23.2. The summed E-state index contributed by atoms with van der Waals surface area (Å²) in [6.45, 7) is 2.16. The molecule has 1 aliphatic heterocycles. The van der Waals surface area contributed by atoms with Crippen molar-refractivity contribution in [2.45, 2.75) is 19.9 Å². The number of aliphatic carboxylic acids is 1. The number of rotatable bonds is 2. The first-order valence-corrected chi connectivity index (χ1v) is 6.15. The number of aromatic nitrogens is 1. The molecule has 0 atom stereocenters. The first-order chi connectivity index (χ1) is 9.08. The summed E-state index contributed by atoms with van der Waals surface area (Å²) in [6.07, 6.45) is 2.30. The van der Waals surface area contributed by atoms with Crippen LogP contribution < -0.4 is 5.56 Å². The number of benzene rings is 1. The van der Waals surface area contributed by atoms with E-state index >= 15 is 0 Å². The lowest BCUT2D eigenvalue weighted by atomic mass is 10.1. The summed E-state index contributed by atoms with van der Waals surface area (Å²) in [5, 5.41) is 9.89. The van der Waals surface area contributed by atoms with Crippen LogP contribution in [0.15, 0.2) is 34.6 Å². The van der Waals surface area contributed by atoms with Gasteiger partial charge in [0.15, 0.2) is 0 Å². The Hall–Kier alpha value is -2.36. The fourth-order valence-electron chi connectivity index (χ4n) is 2.59. The van der Waals surface area contributed by atoms with Crippen LogP contribution in [0.25, 0.3) is 17.0 Å². The molecule has 4 nitrogen and oxygen atoms in total. The van der Waals surface area contributed by atoms with E-state index in [1.807, 2.05) is 18.2 Å². The molecule has 0 radical (unpaired) electrons. The number of pyridine rings is 1. The molecule has 0 fully saturated rings. The van der Waals surface area contributed by atoms with Crippen LogP contribution in [0.2, 0.25) is 0 Å². The summed E-state index contributed by atoms with van der Waals surface area (Å²) < 4.78 is 1.74. The van der Waals surface area contributed by atoms with E-state index in [9.17, 15) is 9.59 Å². The van der Waals surface area contributed by atoms with Gasteiger partial charge in [0.25, 0.3) is 5.56 Å². The number of carbonyl (C=O) groups is 1. The number of hydrogen-bond acceptors (Lipinski definition) is 2. The minimum Gasteiger partial charge on any atom is -0.478 e. The summed E-state index contributed by atoms with van der Waals surface area (Å²) in [5.41, 5.74) is 2.65. The number of carboxylic acids is 1. The van der Waals surface area contributed by atoms with Crippen molar-refractivity contribution in [1.29, 1.82) is 0 Å². The topological polar surface area (TPSA) is 59.3 Å². The summed E-state index contributed by atoms with van der Waals surface area (Å²) in [5.74, 6) is -1.00. The molecular weight excluding hydrogens is 242 g/mol. The maximum atomic E-state index is 12.3. The lowest BCUT2D eigenvalue weighted by Gasteiger charge is -2.06. The average molecular weight is 255 g/mol. The van der Waals surface area contributed by atoms with Crippen molar-refractivity contribution >= 4 is 22.9 Å². The molecule has 0 saturated carbocycles. The third-order valence-corrected chi connectivity index (χ3v) is 3.54. The van der Waals surface area contributed by atoms with Gasteiger partial charge in [0, 0.05) is 17.7 Å². The Balaban J connectivity index is 2.31. The van der Waals surface area contributed by atoms with E-state index in [2.05, 4.69) is 0 Å². The molecular formula is C15H13NO3. The molecule has 2 heterocycles. The van der Waals surface area contributed by atoms with Crippen LogP contribution in [0.3, 0.4) is 0 Å². The highest BCUT2D eigenvalue weighted by atomic mass is 16.4. The Morgan fingerprint density at radius 2 is 2.21 bits per heavy atom. The van der Waals surface area contributed by atoms with Gasteiger partial charge in [-0.15, -0.1) is 0 Å². The lowest BCUT2D eigenvalue weighted by Crippen LogP contribution is -2.20. The van der Waals surface area contributed by atoms with Gasteiger partial charge >= 0.3 is 5.97 Å². The molecule has 0 unspecified atom stereocenters. The van der Waals surface area contributed by atoms with E-state index in [-0.39, 0.29) is 11.1 Å². The van der Waals surface area contributed by atoms with Crippen molar-refractivity contribution in [3.8, 4) is 0 Å². The second-order valence-corrected chi connectivity index (χ2v) is 4.79. The van der Waals surface area contributed by atoms with Gasteiger partial charge in [-0.05, 0) is 36.4 Å². The number of para-hydroxylation sites is 1. The van der Waals surface area contributed by atoms with E-state index in [0.29, 0.717) is 12.1 Å². The van der Waals surface area contributed by atoms with Crippen LogP contribution in [0, 0.1) is 0 Å². The van der Waals surface area contributed by atoms with Crippen molar-refractivity contribution in [3.05, 3.63) is 51.3 Å². The van der Waals surface area contributed by atoms with Gasteiger partial charge in [-0.25, -0.2) is 4.79 Å². The molecule has 1 aromatic heterocycles. The molecule has 0 bridgehead atoms. The third-order valence-electron chi connectivity index (χ3n) is 3.54. The molecule has 19 heavy (non-hydrogen) atoms. The fraction of sp³-hybridized carbons (Fsp3) is 0.200. The monoisotopic (exact) mass is 255 g/mol. The van der Waals surface area contributed by atoms with Crippen molar-refractivity contribution in [2.75, 3.05) is 0 Å². The number of aryl methyl sites for hydroxylation is 2. The highest BCUT2D eigenvalue weighted by Crippen LogP contribution is 2.24. The summed E-state index contributed by atoms with van der Waals surface area (Å²) in [6, 6.07) is 7.72. The maximum absolute atomic E-state index is 12.3. The minimum atomic E-state index is -1.00. The predicted octanol–water partition coefficient (Wildman–Crippen LogP) is 2.05. The van der Waals surface area contributed by atoms with E-state index in [1.54, 1.807) is 10.6 Å². The highest BCUT2D eigenvalue weighted by Gasteiger charge is 2.17. The van der Waals surface area contributed by atoms with Gasteiger partial charge < -0.3 is 9.67 Å². The zero-order valence-electron chi connectivity index (χ0n) is 10.5. The largest absolute Gasteiger partial charge is 0.478 e. The Labute approximate surface area is 109 Å². The van der Waals surface area contributed by atoms with Crippen LogP contribution in [-0.4, -0.2) is 15.6 Å². The zero-order chi connectivity index (χ0) is 13.6. The lowest BCUT2D eigenvalue weighted by molar-refractivity contribution is -0.132. The molecule has 1 aliphatic rings. The van der Waals surface area contributed by atoms with Crippen LogP contribution in [0.5, 0.6) is 0 Å². The van der Waals surface area contributed by atoms with Crippen LogP contribution in [-0.2, 0) is 17.8 Å². The van der Waals surface area contributed by atoms with Crippen molar-refractivity contribution < 1.29 is 9.90 Å². The second kappa shape index (κ2) is 4.09. The predicted molar refractivity (Wildman–Crippen MR) is 73.2 cm³/mol. The first kappa shape index (κ1) is 11.7. The molecule has 4 heteroatoms. The number of carboxylic acid groups (broad SMARTS) is 1. The minimum absolute atomic E-state index is 0.113. The van der Waals surface area contributed by atoms with Gasteiger partial charge in [-0.3, -0.25) is 4.79 Å². The summed E-state index contributed by atoms with van der Waals surface area (Å²) in [7, 11) is 0. The van der Waals surface area contributed by atoms with E-state index in [4.69, 9.17) is 5.11 Å². The van der Waals surface area contributed by atoms with E-state index in [0.717, 1.165) is 17.3 Å². The molecule has 0 spiro atoms. The standard InChI is InChI=1S/C15H13NO3/c1-9(15(18)19)7-12-8-11-4-2-3-10-5-6-16(13(10)11)14(12)17/h2-4,7-8H,5-6H2,1H3,(H,18,19)/b9-7+. The van der Waals surface area contributed by atoms with Gasteiger partial charge in [0.05, 0.1) is 5.52 Å². The number of hydrogen-bond donors (Lipinski definition) is 1. The molecule has 0 amide bonds. The maximum Gasteiger partial charge on any atom is 0.331 e.